The largest absolute Gasteiger partial charge is 0.321 e. The summed E-state index contributed by atoms with van der Waals surface area (Å²) in [5.74, 6) is 0. The number of nitrogens with zero attached hydrogens (tertiary/aromatic N) is 1. The van der Waals surface area contributed by atoms with Gasteiger partial charge < -0.3 is 4.57 Å². The van der Waals surface area contributed by atoms with Gasteiger partial charge >= 0.3 is 0 Å². The van der Waals surface area contributed by atoms with Gasteiger partial charge in [-0.15, -0.1) is 6.58 Å². The highest BCUT2D eigenvalue weighted by atomic mass is 28.3. The van der Waals surface area contributed by atoms with Crippen molar-refractivity contribution in [3.63, 3.8) is 0 Å². The second-order valence-electron chi connectivity index (χ2n) is 3.19. The molecule has 1 nitrogen and oxygen atoms in total. The van der Waals surface area contributed by atoms with Gasteiger partial charge in [0.15, 0.2) is 8.24 Å². The quantitative estimate of drug-likeness (QED) is 0.575. The second-order valence-corrected chi connectivity index (χ2v) is 7.85. The third-order valence-corrected chi connectivity index (χ3v) is 8.10. The first kappa shape index (κ1) is 11.9. The normalized spacial score (nSPS) is 12.1. The molecule has 0 aromatic rings. The molecule has 0 spiro atoms. The summed E-state index contributed by atoms with van der Waals surface area (Å²) in [6.45, 7) is 15.5. The van der Waals surface area contributed by atoms with Crippen molar-refractivity contribution < 1.29 is 0 Å². The van der Waals surface area contributed by atoms with E-state index in [1.165, 1.54) is 25.2 Å². The zero-order chi connectivity index (χ0) is 9.61. The predicted molar refractivity (Wildman–Crippen MR) is 59.8 cm³/mol. The van der Waals surface area contributed by atoms with E-state index >= 15 is 0 Å². The van der Waals surface area contributed by atoms with Crippen LogP contribution in [0.4, 0.5) is 0 Å². The first-order chi connectivity index (χ1) is 5.70. The van der Waals surface area contributed by atoms with Gasteiger partial charge in [-0.2, -0.15) is 0 Å². The maximum Gasteiger partial charge on any atom is 0.151 e. The van der Waals surface area contributed by atoms with Crippen molar-refractivity contribution in [2.45, 2.75) is 39.8 Å². The summed E-state index contributed by atoms with van der Waals surface area (Å²) in [5.41, 5.74) is 2.25. The molecule has 0 aromatic carbocycles. The molecular formula is C10H23NSi. The Labute approximate surface area is 78.6 Å². The highest BCUT2D eigenvalue weighted by molar-refractivity contribution is 6.81. The maximum absolute atomic E-state index is 4.01. The van der Waals surface area contributed by atoms with Crippen molar-refractivity contribution in [2.75, 3.05) is 13.1 Å². The lowest BCUT2D eigenvalue weighted by Gasteiger charge is -2.37. The van der Waals surface area contributed by atoms with Gasteiger partial charge in [-0.3, -0.25) is 0 Å². The van der Waals surface area contributed by atoms with Gasteiger partial charge in [0.25, 0.3) is 0 Å². The van der Waals surface area contributed by atoms with E-state index in [9.17, 15) is 0 Å². The van der Waals surface area contributed by atoms with Crippen LogP contribution in [0.15, 0.2) is 12.3 Å². The molecule has 12 heavy (non-hydrogen) atoms. The van der Waals surface area contributed by atoms with E-state index in [-0.39, 0.29) is 0 Å². The topological polar surface area (TPSA) is 3.24 Å². The van der Waals surface area contributed by atoms with E-state index in [0.29, 0.717) is 0 Å². The third-order valence-electron chi connectivity index (χ3n) is 3.00. The molecule has 0 aliphatic carbocycles. The Hall–Kier alpha value is -0.0831. The summed E-state index contributed by atoms with van der Waals surface area (Å²) in [5, 5.41) is 0. The van der Waals surface area contributed by atoms with E-state index < -0.39 is 8.24 Å². The van der Waals surface area contributed by atoms with Crippen molar-refractivity contribution in [2.24, 2.45) is 0 Å². The lowest BCUT2D eigenvalue weighted by molar-refractivity contribution is 0.465. The van der Waals surface area contributed by atoms with Crippen LogP contribution in [0.5, 0.6) is 0 Å². The summed E-state index contributed by atoms with van der Waals surface area (Å²) in [6.07, 6.45) is 0. The van der Waals surface area contributed by atoms with Crippen LogP contribution in [0.25, 0.3) is 0 Å². The van der Waals surface area contributed by atoms with E-state index in [4.69, 9.17) is 0 Å². The molecule has 0 rings (SSSR count). The van der Waals surface area contributed by atoms with Crippen LogP contribution in [0, 0.1) is 0 Å². The lowest BCUT2D eigenvalue weighted by atomic mass is 10.7. The number of hydrogen-bond acceptors (Lipinski definition) is 1. The molecule has 0 unspecified atom stereocenters. The van der Waals surface area contributed by atoms with Gasteiger partial charge in [-0.25, -0.2) is 0 Å². The molecule has 0 aliphatic heterocycles. The number of hydrogen-bond donors (Lipinski definition) is 0. The molecule has 72 valence electrons. The van der Waals surface area contributed by atoms with Crippen LogP contribution in [0.2, 0.25) is 12.1 Å². The molecule has 0 saturated heterocycles. The van der Waals surface area contributed by atoms with Crippen LogP contribution < -0.4 is 0 Å². The molecule has 2 heteroatoms. The minimum absolute atomic E-state index is 1.18. The maximum atomic E-state index is 4.01. The van der Waals surface area contributed by atoms with Crippen LogP contribution in [0.1, 0.15) is 27.7 Å². The van der Waals surface area contributed by atoms with Crippen molar-refractivity contribution in [1.82, 2.24) is 4.57 Å². The molecule has 0 atom stereocenters. The smallest absolute Gasteiger partial charge is 0.151 e. The van der Waals surface area contributed by atoms with Crippen molar-refractivity contribution in [3.8, 4) is 0 Å². The Morgan fingerprint density at radius 3 is 1.58 bits per heavy atom. The van der Waals surface area contributed by atoms with Crippen LogP contribution in [-0.2, 0) is 0 Å². The van der Waals surface area contributed by atoms with Gasteiger partial charge in [0.2, 0.25) is 0 Å². The molecule has 0 saturated carbocycles. The van der Waals surface area contributed by atoms with Gasteiger partial charge in [0.05, 0.1) is 0 Å². The molecule has 0 aliphatic rings. The zero-order valence-corrected chi connectivity index (χ0v) is 10.1. The highest BCUT2D eigenvalue weighted by Gasteiger charge is 2.30. The van der Waals surface area contributed by atoms with Crippen LogP contribution in [-0.4, -0.2) is 25.9 Å². The Balaban J connectivity index is 4.53. The SMILES string of the molecule is C=C[Si](CC)(CC)N(CC)CC. The third kappa shape index (κ3) is 2.20. The molecule has 0 amide bonds. The monoisotopic (exact) mass is 185 g/mol. The summed E-state index contributed by atoms with van der Waals surface area (Å²) < 4.78 is 2.62. The minimum Gasteiger partial charge on any atom is -0.321 e. The summed E-state index contributed by atoms with van der Waals surface area (Å²) in [7, 11) is -1.25. The summed E-state index contributed by atoms with van der Waals surface area (Å²) in [4.78, 5) is 0. The zero-order valence-electron chi connectivity index (χ0n) is 9.06. The first-order valence-electron chi connectivity index (χ1n) is 5.09. The second kappa shape index (κ2) is 5.54. The molecule has 0 fully saturated rings. The first-order valence-corrected chi connectivity index (χ1v) is 7.53. The fraction of sp³-hybridized carbons (Fsp3) is 0.800. The molecule has 0 radical (unpaired) electrons. The van der Waals surface area contributed by atoms with Crippen molar-refractivity contribution in [1.29, 1.82) is 0 Å². The van der Waals surface area contributed by atoms with E-state index in [1.807, 2.05) is 0 Å². The minimum atomic E-state index is -1.25. The summed E-state index contributed by atoms with van der Waals surface area (Å²) >= 11 is 0. The molecular weight excluding hydrogens is 162 g/mol. The van der Waals surface area contributed by atoms with E-state index in [0.717, 1.165) is 0 Å². The average molecular weight is 185 g/mol. The predicted octanol–water partition coefficient (Wildman–Crippen LogP) is 3.04. The average Bonchev–Trinajstić information content (AvgIpc) is 2.14. The van der Waals surface area contributed by atoms with Gasteiger partial charge in [-0.1, -0.05) is 33.4 Å². The van der Waals surface area contributed by atoms with Crippen molar-refractivity contribution in [3.05, 3.63) is 12.3 Å². The molecule has 0 heterocycles. The van der Waals surface area contributed by atoms with E-state index in [2.05, 4.69) is 44.5 Å². The molecule has 0 aromatic heterocycles. The van der Waals surface area contributed by atoms with E-state index in [1.54, 1.807) is 0 Å². The molecule has 0 bridgehead atoms. The van der Waals surface area contributed by atoms with Crippen LogP contribution >= 0.6 is 0 Å². The van der Waals surface area contributed by atoms with Crippen molar-refractivity contribution >= 4 is 8.24 Å². The Bertz CT molecular complexity index is 126. The van der Waals surface area contributed by atoms with Gasteiger partial charge in [-0.05, 0) is 25.2 Å². The Morgan fingerprint density at radius 2 is 1.50 bits per heavy atom. The summed E-state index contributed by atoms with van der Waals surface area (Å²) in [6, 6.07) is 2.60. The number of rotatable bonds is 6. The Kier molecular flexibility index (Phi) is 5.50. The standard InChI is InChI=1S/C10H23NSi/c1-6-11(7-2)12(8-3,9-4)10-5/h8H,3,6-7,9-10H2,1-2,4-5H3. The van der Waals surface area contributed by atoms with Gasteiger partial charge in [0.1, 0.15) is 0 Å². The highest BCUT2D eigenvalue weighted by Crippen LogP contribution is 2.20. The fourth-order valence-corrected chi connectivity index (χ4v) is 5.46. The molecule has 0 N–H and O–H groups in total. The fourth-order valence-electron chi connectivity index (χ4n) is 1.97. The van der Waals surface area contributed by atoms with Crippen LogP contribution in [0.3, 0.4) is 0 Å². The lowest BCUT2D eigenvalue weighted by Crippen LogP contribution is -2.51. The van der Waals surface area contributed by atoms with Gasteiger partial charge in [0, 0.05) is 0 Å². The Morgan fingerprint density at radius 1 is 1.08 bits per heavy atom.